The Hall–Kier alpha value is -4.16. The van der Waals surface area contributed by atoms with Gasteiger partial charge >= 0.3 is 0 Å². The van der Waals surface area contributed by atoms with Gasteiger partial charge in [0.05, 0.1) is 5.69 Å². The standard InChI is InChI=1S/C31H34N6/c1-23(2)33-27-13-11-26(12-14-27)30-15-16-32-31(35-30)34-28-5-4-6-29(21-28)37-19-17-36(18-20-37)22-25-9-7-24(3)8-10-25/h4-16,21,33H,1,17-20,22H2,2-3H3,(H,32,34,35). The molecule has 0 amide bonds. The zero-order chi connectivity index (χ0) is 25.6. The molecule has 1 aromatic heterocycles. The number of benzene rings is 3. The van der Waals surface area contributed by atoms with Crippen molar-refractivity contribution < 1.29 is 0 Å². The van der Waals surface area contributed by atoms with Gasteiger partial charge in [0.2, 0.25) is 5.95 Å². The molecule has 2 heterocycles. The van der Waals surface area contributed by atoms with Gasteiger partial charge in [-0.3, -0.25) is 4.90 Å². The fourth-order valence-corrected chi connectivity index (χ4v) is 4.58. The molecule has 0 unspecified atom stereocenters. The van der Waals surface area contributed by atoms with Crippen molar-refractivity contribution in [3.63, 3.8) is 0 Å². The van der Waals surface area contributed by atoms with Crippen LogP contribution in [0.3, 0.4) is 0 Å². The summed E-state index contributed by atoms with van der Waals surface area (Å²) in [6.45, 7) is 13.1. The molecule has 5 rings (SSSR count). The molecule has 0 spiro atoms. The van der Waals surface area contributed by atoms with Gasteiger partial charge in [-0.15, -0.1) is 0 Å². The number of anilines is 4. The minimum atomic E-state index is 0.585. The molecule has 1 aliphatic heterocycles. The molecule has 2 N–H and O–H groups in total. The Labute approximate surface area is 219 Å². The summed E-state index contributed by atoms with van der Waals surface area (Å²) in [4.78, 5) is 14.2. The number of nitrogens with one attached hydrogen (secondary N) is 2. The molecule has 0 saturated carbocycles. The molecule has 188 valence electrons. The third-order valence-corrected chi connectivity index (χ3v) is 6.56. The average molecular weight is 491 g/mol. The van der Waals surface area contributed by atoms with Crippen LogP contribution in [0.5, 0.6) is 0 Å². The second-order valence-electron chi connectivity index (χ2n) is 9.67. The molecule has 0 radical (unpaired) electrons. The Morgan fingerprint density at radius 2 is 1.65 bits per heavy atom. The van der Waals surface area contributed by atoms with Crippen LogP contribution >= 0.6 is 0 Å². The Kier molecular flexibility index (Phi) is 7.47. The third kappa shape index (κ3) is 6.54. The van der Waals surface area contributed by atoms with Gasteiger partial charge in [0.1, 0.15) is 0 Å². The van der Waals surface area contributed by atoms with E-state index in [-0.39, 0.29) is 0 Å². The summed E-state index contributed by atoms with van der Waals surface area (Å²) in [5.74, 6) is 0.585. The summed E-state index contributed by atoms with van der Waals surface area (Å²) in [5, 5.41) is 6.62. The molecule has 4 aromatic rings. The van der Waals surface area contributed by atoms with Crippen molar-refractivity contribution in [2.45, 2.75) is 20.4 Å². The van der Waals surface area contributed by atoms with E-state index in [1.54, 1.807) is 6.20 Å². The van der Waals surface area contributed by atoms with Crippen molar-refractivity contribution in [1.29, 1.82) is 0 Å². The van der Waals surface area contributed by atoms with Gasteiger partial charge in [-0.05, 0) is 55.8 Å². The van der Waals surface area contributed by atoms with Gasteiger partial charge < -0.3 is 15.5 Å². The first-order chi connectivity index (χ1) is 18.0. The molecular weight excluding hydrogens is 456 g/mol. The lowest BCUT2D eigenvalue weighted by atomic mass is 10.1. The Morgan fingerprint density at radius 1 is 0.892 bits per heavy atom. The van der Waals surface area contributed by atoms with Crippen LogP contribution in [-0.2, 0) is 6.54 Å². The van der Waals surface area contributed by atoms with Crippen LogP contribution in [0, 0.1) is 6.92 Å². The van der Waals surface area contributed by atoms with Crippen LogP contribution in [0.2, 0.25) is 0 Å². The number of piperazine rings is 1. The summed E-state index contributed by atoms with van der Waals surface area (Å²) in [5.41, 5.74) is 8.73. The van der Waals surface area contributed by atoms with E-state index < -0.39 is 0 Å². The lowest BCUT2D eigenvalue weighted by molar-refractivity contribution is 0.250. The molecule has 1 aliphatic rings. The monoisotopic (exact) mass is 490 g/mol. The lowest BCUT2D eigenvalue weighted by Crippen LogP contribution is -2.45. The molecule has 1 saturated heterocycles. The Bertz CT molecular complexity index is 1340. The average Bonchev–Trinajstić information content (AvgIpc) is 2.91. The van der Waals surface area contributed by atoms with Gasteiger partial charge in [-0.25, -0.2) is 9.97 Å². The van der Waals surface area contributed by atoms with E-state index in [9.17, 15) is 0 Å². The highest BCUT2D eigenvalue weighted by atomic mass is 15.3. The third-order valence-electron chi connectivity index (χ3n) is 6.56. The van der Waals surface area contributed by atoms with Gasteiger partial charge in [-0.2, -0.15) is 0 Å². The normalized spacial score (nSPS) is 13.8. The SMILES string of the molecule is C=C(C)Nc1ccc(-c2ccnc(Nc3cccc(N4CCN(Cc5ccc(C)cc5)CC4)c3)n2)cc1. The summed E-state index contributed by atoms with van der Waals surface area (Å²) < 4.78 is 0. The minimum absolute atomic E-state index is 0.585. The van der Waals surface area contributed by atoms with Crippen molar-refractivity contribution in [3.05, 3.63) is 108 Å². The summed E-state index contributed by atoms with van der Waals surface area (Å²) in [7, 11) is 0. The molecule has 6 nitrogen and oxygen atoms in total. The Balaban J connectivity index is 1.21. The number of aromatic nitrogens is 2. The molecule has 0 bridgehead atoms. The summed E-state index contributed by atoms with van der Waals surface area (Å²) in [6, 6.07) is 27.5. The molecule has 6 heteroatoms. The van der Waals surface area contributed by atoms with Crippen LogP contribution in [-0.4, -0.2) is 41.0 Å². The van der Waals surface area contributed by atoms with Crippen molar-refractivity contribution in [1.82, 2.24) is 14.9 Å². The largest absolute Gasteiger partial charge is 0.369 e. The molecule has 37 heavy (non-hydrogen) atoms. The van der Waals surface area contributed by atoms with Crippen LogP contribution < -0.4 is 15.5 Å². The second-order valence-corrected chi connectivity index (χ2v) is 9.67. The smallest absolute Gasteiger partial charge is 0.227 e. The van der Waals surface area contributed by atoms with Crippen LogP contribution in [0.25, 0.3) is 11.3 Å². The van der Waals surface area contributed by atoms with E-state index in [4.69, 9.17) is 4.98 Å². The number of hydrogen-bond acceptors (Lipinski definition) is 6. The first-order valence-corrected chi connectivity index (χ1v) is 12.8. The van der Waals surface area contributed by atoms with Crippen molar-refractivity contribution in [3.8, 4) is 11.3 Å². The van der Waals surface area contributed by atoms with E-state index in [2.05, 4.69) is 99.6 Å². The maximum atomic E-state index is 4.75. The van der Waals surface area contributed by atoms with Gasteiger partial charge in [0, 0.05) is 67.2 Å². The van der Waals surface area contributed by atoms with Gasteiger partial charge in [0.15, 0.2) is 0 Å². The quantitative estimate of drug-likeness (QED) is 0.295. The van der Waals surface area contributed by atoms with Crippen molar-refractivity contribution in [2.24, 2.45) is 0 Å². The number of aryl methyl sites for hydroxylation is 1. The number of allylic oxidation sites excluding steroid dienone is 1. The zero-order valence-electron chi connectivity index (χ0n) is 21.6. The van der Waals surface area contributed by atoms with E-state index >= 15 is 0 Å². The first-order valence-electron chi connectivity index (χ1n) is 12.8. The van der Waals surface area contributed by atoms with E-state index in [1.165, 1.54) is 16.8 Å². The maximum Gasteiger partial charge on any atom is 0.227 e. The van der Waals surface area contributed by atoms with Crippen molar-refractivity contribution >= 4 is 23.0 Å². The molecule has 0 aliphatic carbocycles. The Morgan fingerprint density at radius 3 is 2.38 bits per heavy atom. The molecule has 1 fully saturated rings. The first kappa shape index (κ1) is 24.5. The van der Waals surface area contributed by atoms with Crippen LogP contribution in [0.4, 0.5) is 23.0 Å². The van der Waals surface area contributed by atoms with E-state index in [0.717, 1.165) is 61.1 Å². The van der Waals surface area contributed by atoms with Crippen LogP contribution in [0.15, 0.2) is 97.3 Å². The summed E-state index contributed by atoms with van der Waals surface area (Å²) >= 11 is 0. The van der Waals surface area contributed by atoms with Gasteiger partial charge in [-0.1, -0.05) is 54.6 Å². The fraction of sp³-hybridized carbons (Fsp3) is 0.226. The predicted octanol–water partition coefficient (Wildman–Crippen LogP) is 6.46. The molecular formula is C31H34N6. The van der Waals surface area contributed by atoms with Crippen LogP contribution in [0.1, 0.15) is 18.1 Å². The zero-order valence-corrected chi connectivity index (χ0v) is 21.6. The second kappa shape index (κ2) is 11.3. The lowest BCUT2D eigenvalue weighted by Gasteiger charge is -2.36. The highest BCUT2D eigenvalue weighted by Gasteiger charge is 2.17. The van der Waals surface area contributed by atoms with Gasteiger partial charge in [0.25, 0.3) is 0 Å². The predicted molar refractivity (Wildman–Crippen MR) is 154 cm³/mol. The number of rotatable bonds is 8. The number of nitrogens with zero attached hydrogens (tertiary/aromatic N) is 4. The fourth-order valence-electron chi connectivity index (χ4n) is 4.58. The van der Waals surface area contributed by atoms with E-state index in [1.807, 2.05) is 25.1 Å². The van der Waals surface area contributed by atoms with Crippen molar-refractivity contribution in [2.75, 3.05) is 41.7 Å². The summed E-state index contributed by atoms with van der Waals surface area (Å²) in [6.07, 6.45) is 1.79. The topological polar surface area (TPSA) is 56.3 Å². The maximum absolute atomic E-state index is 4.75. The molecule has 0 atom stereocenters. The minimum Gasteiger partial charge on any atom is -0.369 e. The van der Waals surface area contributed by atoms with E-state index in [0.29, 0.717) is 5.95 Å². The molecule has 3 aromatic carbocycles. The number of hydrogen-bond donors (Lipinski definition) is 2. The highest BCUT2D eigenvalue weighted by molar-refractivity contribution is 5.66. The highest BCUT2D eigenvalue weighted by Crippen LogP contribution is 2.25.